The van der Waals surface area contributed by atoms with Crippen molar-refractivity contribution in [2.45, 2.75) is 52.9 Å². The third kappa shape index (κ3) is 4.33. The van der Waals surface area contributed by atoms with E-state index in [1.807, 2.05) is 20.8 Å². The summed E-state index contributed by atoms with van der Waals surface area (Å²) >= 11 is 0. The standard InChI is InChI=1S/C13H24O3/c1-5-8-10(12(14)7-3)11(9-6-2)13(15)16-4/h10-11H,5-9H2,1-4H3. The molecule has 0 amide bonds. The SMILES string of the molecule is CCCC(C(=O)CC)C(CCC)C(=O)OC. The summed E-state index contributed by atoms with van der Waals surface area (Å²) < 4.78 is 4.80. The van der Waals surface area contributed by atoms with Crippen LogP contribution in [0.5, 0.6) is 0 Å². The molecule has 0 aromatic carbocycles. The second kappa shape index (κ2) is 8.31. The van der Waals surface area contributed by atoms with Gasteiger partial charge < -0.3 is 4.74 Å². The van der Waals surface area contributed by atoms with E-state index in [4.69, 9.17) is 4.74 Å². The van der Waals surface area contributed by atoms with Crippen LogP contribution in [0.15, 0.2) is 0 Å². The van der Waals surface area contributed by atoms with Crippen molar-refractivity contribution in [3.63, 3.8) is 0 Å². The van der Waals surface area contributed by atoms with Crippen molar-refractivity contribution in [1.29, 1.82) is 0 Å². The van der Waals surface area contributed by atoms with Gasteiger partial charge in [-0.2, -0.15) is 0 Å². The molecule has 0 aromatic rings. The third-order valence-corrected chi connectivity index (χ3v) is 2.95. The zero-order valence-electron chi connectivity index (χ0n) is 10.9. The van der Waals surface area contributed by atoms with E-state index >= 15 is 0 Å². The van der Waals surface area contributed by atoms with Gasteiger partial charge in [0, 0.05) is 12.3 Å². The molecule has 0 aliphatic carbocycles. The molecule has 3 heteroatoms. The van der Waals surface area contributed by atoms with Crippen LogP contribution in [-0.2, 0) is 14.3 Å². The molecule has 0 spiro atoms. The molecule has 0 aliphatic rings. The number of methoxy groups -OCH3 is 1. The summed E-state index contributed by atoms with van der Waals surface area (Å²) in [5.74, 6) is -0.447. The highest BCUT2D eigenvalue weighted by atomic mass is 16.5. The Morgan fingerprint density at radius 3 is 1.88 bits per heavy atom. The maximum absolute atomic E-state index is 11.8. The van der Waals surface area contributed by atoms with Crippen molar-refractivity contribution in [2.24, 2.45) is 11.8 Å². The molecule has 3 nitrogen and oxygen atoms in total. The van der Waals surface area contributed by atoms with E-state index in [1.54, 1.807) is 0 Å². The minimum atomic E-state index is -0.248. The topological polar surface area (TPSA) is 43.4 Å². The van der Waals surface area contributed by atoms with Gasteiger partial charge in [-0.05, 0) is 12.8 Å². The summed E-state index contributed by atoms with van der Waals surface area (Å²) in [5.41, 5.74) is 0. The zero-order chi connectivity index (χ0) is 12.6. The summed E-state index contributed by atoms with van der Waals surface area (Å²) in [6.45, 7) is 5.91. The Hall–Kier alpha value is -0.860. The van der Waals surface area contributed by atoms with Crippen LogP contribution in [0.2, 0.25) is 0 Å². The van der Waals surface area contributed by atoms with Gasteiger partial charge in [0.1, 0.15) is 5.78 Å². The fraction of sp³-hybridized carbons (Fsp3) is 0.846. The number of carbonyl (C=O) groups is 2. The number of hydrogen-bond acceptors (Lipinski definition) is 3. The molecular weight excluding hydrogens is 204 g/mol. The van der Waals surface area contributed by atoms with Crippen molar-refractivity contribution in [3.8, 4) is 0 Å². The van der Waals surface area contributed by atoms with Crippen molar-refractivity contribution in [1.82, 2.24) is 0 Å². The first-order valence-electron chi connectivity index (χ1n) is 6.22. The molecule has 94 valence electrons. The van der Waals surface area contributed by atoms with E-state index in [1.165, 1.54) is 7.11 Å². The van der Waals surface area contributed by atoms with Crippen molar-refractivity contribution in [3.05, 3.63) is 0 Å². The molecule has 16 heavy (non-hydrogen) atoms. The van der Waals surface area contributed by atoms with Gasteiger partial charge in [0.25, 0.3) is 0 Å². The molecule has 0 aliphatic heterocycles. The van der Waals surface area contributed by atoms with E-state index in [0.29, 0.717) is 6.42 Å². The molecule has 0 bridgehead atoms. The Labute approximate surface area is 98.6 Å². The lowest BCUT2D eigenvalue weighted by molar-refractivity contribution is -0.150. The molecule has 0 radical (unpaired) electrons. The molecular formula is C13H24O3. The summed E-state index contributed by atoms with van der Waals surface area (Å²) in [4.78, 5) is 23.5. The van der Waals surface area contributed by atoms with Crippen LogP contribution >= 0.6 is 0 Å². The largest absolute Gasteiger partial charge is 0.469 e. The van der Waals surface area contributed by atoms with Crippen molar-refractivity contribution in [2.75, 3.05) is 7.11 Å². The molecule has 2 atom stereocenters. The van der Waals surface area contributed by atoms with Crippen LogP contribution < -0.4 is 0 Å². The maximum Gasteiger partial charge on any atom is 0.309 e. The lowest BCUT2D eigenvalue weighted by atomic mass is 9.81. The highest BCUT2D eigenvalue weighted by Crippen LogP contribution is 2.25. The zero-order valence-corrected chi connectivity index (χ0v) is 10.9. The molecule has 0 rings (SSSR count). The molecule has 0 aromatic heterocycles. The van der Waals surface area contributed by atoms with Gasteiger partial charge in [-0.15, -0.1) is 0 Å². The van der Waals surface area contributed by atoms with Crippen LogP contribution in [0.3, 0.4) is 0 Å². The molecule has 2 unspecified atom stereocenters. The third-order valence-electron chi connectivity index (χ3n) is 2.95. The summed E-state index contributed by atoms with van der Waals surface area (Å²) in [5, 5.41) is 0. The second-order valence-corrected chi connectivity index (χ2v) is 4.13. The van der Waals surface area contributed by atoms with E-state index in [2.05, 4.69) is 0 Å². The van der Waals surface area contributed by atoms with Crippen LogP contribution in [0, 0.1) is 11.8 Å². The Balaban J connectivity index is 4.77. The number of ketones is 1. The first-order valence-corrected chi connectivity index (χ1v) is 6.22. The summed E-state index contributed by atoms with van der Waals surface area (Å²) in [6.07, 6.45) is 3.85. The van der Waals surface area contributed by atoms with Gasteiger partial charge in [-0.25, -0.2) is 0 Å². The summed E-state index contributed by atoms with van der Waals surface area (Å²) in [6, 6.07) is 0. The Bertz CT molecular complexity index is 199. The van der Waals surface area contributed by atoms with Crippen LogP contribution in [0.4, 0.5) is 0 Å². The van der Waals surface area contributed by atoms with Gasteiger partial charge >= 0.3 is 5.97 Å². The second-order valence-electron chi connectivity index (χ2n) is 4.13. The van der Waals surface area contributed by atoms with Gasteiger partial charge in [0.15, 0.2) is 0 Å². The maximum atomic E-state index is 11.8. The molecule has 0 saturated heterocycles. The number of hydrogen-bond donors (Lipinski definition) is 0. The number of esters is 1. The van der Waals surface area contributed by atoms with E-state index in [9.17, 15) is 9.59 Å². The highest BCUT2D eigenvalue weighted by molar-refractivity contribution is 5.86. The Morgan fingerprint density at radius 1 is 1.00 bits per heavy atom. The Kier molecular flexibility index (Phi) is 7.86. The van der Waals surface area contributed by atoms with E-state index in [0.717, 1.165) is 25.7 Å². The van der Waals surface area contributed by atoms with Crippen molar-refractivity contribution < 1.29 is 14.3 Å². The predicted molar refractivity (Wildman–Crippen MR) is 64.1 cm³/mol. The molecule has 0 N–H and O–H groups in total. The highest BCUT2D eigenvalue weighted by Gasteiger charge is 2.31. The van der Waals surface area contributed by atoms with Gasteiger partial charge in [-0.1, -0.05) is 33.6 Å². The van der Waals surface area contributed by atoms with Crippen LogP contribution in [0.1, 0.15) is 52.9 Å². The fourth-order valence-electron chi connectivity index (χ4n) is 2.11. The lowest BCUT2D eigenvalue weighted by Crippen LogP contribution is -2.30. The summed E-state index contributed by atoms with van der Waals surface area (Å²) in [7, 11) is 1.39. The number of Topliss-reactive ketones (excluding diaryl/α,β-unsaturated/α-hetero) is 1. The predicted octanol–water partition coefficient (Wildman–Crippen LogP) is 2.97. The van der Waals surface area contributed by atoms with Gasteiger partial charge in [0.05, 0.1) is 13.0 Å². The average Bonchev–Trinajstić information content (AvgIpc) is 2.31. The quantitative estimate of drug-likeness (QED) is 0.600. The lowest BCUT2D eigenvalue weighted by Gasteiger charge is -2.23. The smallest absolute Gasteiger partial charge is 0.309 e. The monoisotopic (exact) mass is 228 g/mol. The van der Waals surface area contributed by atoms with Gasteiger partial charge in [-0.3, -0.25) is 9.59 Å². The van der Waals surface area contributed by atoms with Crippen LogP contribution in [0.25, 0.3) is 0 Å². The number of ether oxygens (including phenoxy) is 1. The first kappa shape index (κ1) is 15.1. The molecule has 0 fully saturated rings. The van der Waals surface area contributed by atoms with Gasteiger partial charge in [0.2, 0.25) is 0 Å². The normalized spacial score (nSPS) is 14.2. The fourth-order valence-corrected chi connectivity index (χ4v) is 2.11. The minimum absolute atomic E-state index is 0.151. The minimum Gasteiger partial charge on any atom is -0.469 e. The van der Waals surface area contributed by atoms with E-state index < -0.39 is 0 Å². The molecule has 0 heterocycles. The first-order chi connectivity index (χ1) is 7.62. The van der Waals surface area contributed by atoms with Crippen LogP contribution in [-0.4, -0.2) is 18.9 Å². The molecule has 0 saturated carbocycles. The average molecular weight is 228 g/mol. The number of carbonyl (C=O) groups excluding carboxylic acids is 2. The van der Waals surface area contributed by atoms with E-state index in [-0.39, 0.29) is 23.6 Å². The van der Waals surface area contributed by atoms with Crippen molar-refractivity contribution >= 4 is 11.8 Å². The number of rotatable bonds is 8. The Morgan fingerprint density at radius 2 is 1.50 bits per heavy atom.